The number of fused-ring (bicyclic) bond motifs is 1. The highest BCUT2D eigenvalue weighted by Crippen LogP contribution is 2.47. The lowest BCUT2D eigenvalue weighted by atomic mass is 9.69. The summed E-state index contributed by atoms with van der Waals surface area (Å²) in [4.78, 5) is 32.5. The molecule has 4 aromatic carbocycles. The van der Waals surface area contributed by atoms with E-state index in [1.165, 1.54) is 38.9 Å². The maximum absolute atomic E-state index is 15.1. The number of aryl methyl sites for hydroxylation is 1. The Morgan fingerprint density at radius 1 is 0.725 bits per heavy atom. The minimum Gasteiger partial charge on any atom is -0.508 e. The number of carbonyl (C=O) groups excluding carboxylic acids is 2. The number of piperazine rings is 1. The number of benzene rings is 4. The van der Waals surface area contributed by atoms with Crippen LogP contribution in [-0.2, 0) is 17.8 Å². The molecule has 2 atom stereocenters. The average Bonchev–Trinajstić information content (AvgIpc) is 3.16. The monoisotopic (exact) mass is 687 g/mol. The molecule has 2 N–H and O–H groups in total. The van der Waals surface area contributed by atoms with Crippen LogP contribution in [0.3, 0.4) is 0 Å². The van der Waals surface area contributed by atoms with E-state index in [4.69, 9.17) is 0 Å². The topological polar surface area (TPSA) is 79.4 Å². The highest BCUT2D eigenvalue weighted by atomic mass is 19.1. The summed E-state index contributed by atoms with van der Waals surface area (Å²) in [6, 6.07) is 31.1. The Balaban J connectivity index is 0.853. The van der Waals surface area contributed by atoms with Crippen LogP contribution in [-0.4, -0.2) is 78.7 Å². The first-order valence-corrected chi connectivity index (χ1v) is 18.5. The maximum Gasteiger partial charge on any atom is 0.328 e. The number of hydrogen-bond donors (Lipinski definition) is 2. The van der Waals surface area contributed by atoms with Gasteiger partial charge >= 0.3 is 6.03 Å². The fraction of sp³-hybridized carbons (Fsp3) is 0.381. The molecule has 3 fully saturated rings. The molecular formula is C42H46FN5O3. The molecule has 0 saturated carbocycles. The van der Waals surface area contributed by atoms with Crippen LogP contribution in [0.1, 0.15) is 65.3 Å². The lowest BCUT2D eigenvalue weighted by Crippen LogP contribution is -2.53. The molecule has 3 saturated heterocycles. The standard InChI is InChI=1S/C42H46FN5O3/c43-39-27-35(48-21-18-40(50)44-42(48)51)12-8-32(39)28-45-22-24-47(25-23-45)34-16-19-46(20-17-34)33-10-6-30(7-11-33)41-37(29-4-2-1-3-5-29)14-9-31-26-36(49)13-15-38(31)41/h1-8,10-13,15,26-27,34,37,41,49H,9,14,16-25,28H2,(H,44,50,51)/t37-,41+/m0/s1. The van der Waals surface area contributed by atoms with Gasteiger partial charge in [0.2, 0.25) is 5.91 Å². The van der Waals surface area contributed by atoms with E-state index in [1.54, 1.807) is 12.1 Å². The van der Waals surface area contributed by atoms with Crippen molar-refractivity contribution in [3.8, 4) is 5.75 Å². The van der Waals surface area contributed by atoms with Crippen molar-refractivity contribution in [2.45, 2.75) is 56.5 Å². The fourth-order valence-electron chi connectivity index (χ4n) is 8.83. The maximum atomic E-state index is 15.1. The SMILES string of the molecule is O=C1CCN(c2ccc(CN3CCN(C4CCN(c5ccc([C@H]6c7ccc(O)cc7CC[C@H]6c6ccccc6)cc5)CC4)CC3)c(F)c2)C(=O)N1. The van der Waals surface area contributed by atoms with Gasteiger partial charge < -0.3 is 10.0 Å². The van der Waals surface area contributed by atoms with Crippen molar-refractivity contribution in [2.75, 3.05) is 55.6 Å². The third kappa shape index (κ3) is 7.10. The van der Waals surface area contributed by atoms with Crippen molar-refractivity contribution in [3.05, 3.63) is 125 Å². The third-order valence-electron chi connectivity index (χ3n) is 11.6. The van der Waals surface area contributed by atoms with Crippen molar-refractivity contribution < 1.29 is 19.1 Å². The first-order chi connectivity index (χ1) is 24.9. The zero-order valence-corrected chi connectivity index (χ0v) is 29.0. The number of piperidine rings is 1. The largest absolute Gasteiger partial charge is 0.508 e. The predicted octanol–water partition coefficient (Wildman–Crippen LogP) is 6.63. The van der Waals surface area contributed by atoms with Crippen LogP contribution < -0.4 is 15.1 Å². The minimum absolute atomic E-state index is 0.214. The van der Waals surface area contributed by atoms with Gasteiger partial charge in [-0.1, -0.05) is 54.6 Å². The summed E-state index contributed by atoms with van der Waals surface area (Å²) in [5.41, 5.74) is 7.67. The van der Waals surface area contributed by atoms with E-state index in [-0.39, 0.29) is 30.6 Å². The zero-order valence-electron chi connectivity index (χ0n) is 29.0. The quantitative estimate of drug-likeness (QED) is 0.227. The van der Waals surface area contributed by atoms with Crippen molar-refractivity contribution in [2.24, 2.45) is 0 Å². The molecule has 51 heavy (non-hydrogen) atoms. The van der Waals surface area contributed by atoms with Gasteiger partial charge in [0.25, 0.3) is 0 Å². The number of rotatable bonds is 7. The molecule has 4 aromatic rings. The smallest absolute Gasteiger partial charge is 0.328 e. The first-order valence-electron chi connectivity index (χ1n) is 18.5. The van der Waals surface area contributed by atoms with Gasteiger partial charge in [-0.05, 0) is 90.3 Å². The second-order valence-corrected chi connectivity index (χ2v) is 14.6. The van der Waals surface area contributed by atoms with Gasteiger partial charge in [0.15, 0.2) is 0 Å². The van der Waals surface area contributed by atoms with Gasteiger partial charge in [0.05, 0.1) is 0 Å². The number of carbonyl (C=O) groups is 2. The lowest BCUT2D eigenvalue weighted by molar-refractivity contribution is -0.120. The number of imide groups is 1. The zero-order chi connectivity index (χ0) is 34.9. The van der Waals surface area contributed by atoms with Crippen molar-refractivity contribution in [1.29, 1.82) is 0 Å². The summed E-state index contributed by atoms with van der Waals surface area (Å²) in [5, 5.41) is 12.5. The van der Waals surface area contributed by atoms with Crippen LogP contribution in [0.4, 0.5) is 20.6 Å². The second-order valence-electron chi connectivity index (χ2n) is 14.6. The summed E-state index contributed by atoms with van der Waals surface area (Å²) in [6.07, 6.45) is 4.50. The average molecular weight is 688 g/mol. The molecular weight excluding hydrogens is 641 g/mol. The molecule has 3 heterocycles. The molecule has 8 rings (SSSR count). The Morgan fingerprint density at radius 3 is 2.20 bits per heavy atom. The summed E-state index contributed by atoms with van der Waals surface area (Å²) in [5.74, 6) is 0.372. The van der Waals surface area contributed by atoms with Crippen molar-refractivity contribution >= 4 is 23.3 Å². The number of anilines is 2. The Labute approximate surface area is 299 Å². The highest BCUT2D eigenvalue weighted by Gasteiger charge is 2.33. The van der Waals surface area contributed by atoms with Crippen LogP contribution in [0.25, 0.3) is 0 Å². The van der Waals surface area contributed by atoms with Gasteiger partial charge in [-0.15, -0.1) is 0 Å². The molecule has 0 aromatic heterocycles. The lowest BCUT2D eigenvalue weighted by Gasteiger charge is -2.43. The molecule has 0 unspecified atom stereocenters. The number of phenols is 1. The van der Waals surface area contributed by atoms with E-state index >= 15 is 4.39 Å². The van der Waals surface area contributed by atoms with Crippen LogP contribution in [0.15, 0.2) is 91.0 Å². The van der Waals surface area contributed by atoms with Crippen LogP contribution in [0.5, 0.6) is 5.75 Å². The van der Waals surface area contributed by atoms with E-state index in [9.17, 15) is 14.7 Å². The van der Waals surface area contributed by atoms with Crippen molar-refractivity contribution in [3.63, 3.8) is 0 Å². The van der Waals surface area contributed by atoms with E-state index in [0.29, 0.717) is 35.5 Å². The normalized spacial score (nSPS) is 22.1. The number of nitrogens with one attached hydrogen (secondary N) is 1. The summed E-state index contributed by atoms with van der Waals surface area (Å²) in [6.45, 7) is 6.61. The third-order valence-corrected chi connectivity index (χ3v) is 11.6. The Morgan fingerprint density at radius 2 is 1.47 bits per heavy atom. The van der Waals surface area contributed by atoms with Crippen LogP contribution in [0.2, 0.25) is 0 Å². The molecule has 264 valence electrons. The van der Waals surface area contributed by atoms with E-state index in [1.807, 2.05) is 12.1 Å². The molecule has 0 radical (unpaired) electrons. The molecule has 3 aliphatic heterocycles. The van der Waals surface area contributed by atoms with E-state index < -0.39 is 6.03 Å². The van der Waals surface area contributed by atoms with Crippen LogP contribution in [0, 0.1) is 5.82 Å². The van der Waals surface area contributed by atoms with Crippen LogP contribution >= 0.6 is 0 Å². The molecule has 9 heteroatoms. The number of aromatic hydroxyl groups is 1. The summed E-state index contributed by atoms with van der Waals surface area (Å²) in [7, 11) is 0. The van der Waals surface area contributed by atoms with Crippen molar-refractivity contribution in [1.82, 2.24) is 15.1 Å². The van der Waals surface area contributed by atoms with Gasteiger partial charge in [-0.2, -0.15) is 0 Å². The molecule has 4 aliphatic rings. The number of urea groups is 1. The van der Waals surface area contributed by atoms with Gasteiger partial charge in [-0.25, -0.2) is 9.18 Å². The molecule has 3 amide bonds. The van der Waals surface area contributed by atoms with E-state index in [2.05, 4.69) is 80.7 Å². The summed E-state index contributed by atoms with van der Waals surface area (Å²) >= 11 is 0. The van der Waals surface area contributed by atoms with Gasteiger partial charge in [0, 0.05) is 87.7 Å². The Bertz CT molecular complexity index is 1870. The fourth-order valence-corrected chi connectivity index (χ4v) is 8.83. The number of nitrogens with zero attached hydrogens (tertiary/aromatic N) is 4. The number of hydrogen-bond acceptors (Lipinski definition) is 6. The number of halogens is 1. The van der Waals surface area contributed by atoms with E-state index in [0.717, 1.165) is 65.0 Å². The molecule has 0 bridgehead atoms. The van der Waals surface area contributed by atoms with Gasteiger partial charge in [-0.3, -0.25) is 24.8 Å². The second kappa shape index (κ2) is 14.5. The molecule has 8 nitrogen and oxygen atoms in total. The first kappa shape index (κ1) is 33.4. The highest BCUT2D eigenvalue weighted by molar-refractivity contribution is 6.05. The Kier molecular flexibility index (Phi) is 9.49. The molecule has 0 spiro atoms. The Hall–Kier alpha value is -4.73. The number of amides is 3. The molecule has 1 aliphatic carbocycles. The number of phenolic OH excluding ortho intramolecular Hbond substituents is 1. The van der Waals surface area contributed by atoms with Gasteiger partial charge in [0.1, 0.15) is 11.6 Å². The minimum atomic E-state index is -0.500. The summed E-state index contributed by atoms with van der Waals surface area (Å²) < 4.78 is 15.1. The predicted molar refractivity (Wildman–Crippen MR) is 198 cm³/mol.